The van der Waals surface area contributed by atoms with Gasteiger partial charge in [0.25, 0.3) is 0 Å². The van der Waals surface area contributed by atoms with Gasteiger partial charge in [0.1, 0.15) is 11.9 Å². The number of amides is 1. The number of nitrogens with one attached hydrogen (secondary N) is 1. The molecule has 3 fully saturated rings. The van der Waals surface area contributed by atoms with Gasteiger partial charge in [0.2, 0.25) is 0 Å². The summed E-state index contributed by atoms with van der Waals surface area (Å²) in [5.41, 5.74) is 0.784. The van der Waals surface area contributed by atoms with Crippen LogP contribution in [0.15, 0.2) is 42.5 Å². The number of carbonyl (C=O) groups excluding carboxylic acids is 1. The summed E-state index contributed by atoms with van der Waals surface area (Å²) in [6, 6.07) is 10.2. The van der Waals surface area contributed by atoms with Gasteiger partial charge in [0, 0.05) is 17.5 Å². The zero-order valence-corrected chi connectivity index (χ0v) is 19.3. The second kappa shape index (κ2) is 8.48. The molecule has 2 aromatic carbocycles. The Balaban J connectivity index is 1.36. The molecular weight excluding hydrogens is 445 g/mol. The van der Waals surface area contributed by atoms with E-state index in [1.807, 2.05) is 19.9 Å². The molecule has 4 aliphatic rings. The van der Waals surface area contributed by atoms with Crippen molar-refractivity contribution in [3.63, 3.8) is 0 Å². The number of halogens is 3. The Morgan fingerprint density at radius 1 is 1.12 bits per heavy atom. The van der Waals surface area contributed by atoms with Crippen molar-refractivity contribution in [1.29, 1.82) is 0 Å². The number of hydrogen-bond acceptors (Lipinski definition) is 4. The van der Waals surface area contributed by atoms with Crippen LogP contribution in [-0.4, -0.2) is 43.3 Å². The highest BCUT2D eigenvalue weighted by Crippen LogP contribution is 2.44. The third kappa shape index (κ3) is 4.48. The molecule has 2 bridgehead atoms. The Kier molecular flexibility index (Phi) is 5.74. The maximum absolute atomic E-state index is 13.2. The first-order valence-electron chi connectivity index (χ1n) is 11.7. The maximum atomic E-state index is 13.2. The average Bonchev–Trinajstić information content (AvgIpc) is 2.81. The predicted molar refractivity (Wildman–Crippen MR) is 121 cm³/mol. The maximum Gasteiger partial charge on any atom is 0.416 e. The minimum Gasteiger partial charge on any atom is -0.493 e. The molecule has 2 atom stereocenters. The number of piperidine rings is 3. The number of fused-ring (bicyclic) bond motifs is 4. The van der Waals surface area contributed by atoms with Gasteiger partial charge in [0.05, 0.1) is 18.2 Å². The molecule has 1 unspecified atom stereocenters. The first-order valence-corrected chi connectivity index (χ1v) is 11.7. The highest BCUT2D eigenvalue weighted by atomic mass is 19.4. The Hall–Kier alpha value is -2.74. The molecule has 8 heteroatoms. The molecule has 3 saturated heterocycles. The summed E-state index contributed by atoms with van der Waals surface area (Å²) in [5.74, 6) is 0.975. The molecule has 1 N–H and O–H groups in total. The number of nitrogens with zero attached hydrogens (tertiary/aromatic N) is 1. The van der Waals surface area contributed by atoms with Crippen LogP contribution in [0.5, 0.6) is 5.75 Å². The van der Waals surface area contributed by atoms with Gasteiger partial charge in [-0.15, -0.1) is 0 Å². The van der Waals surface area contributed by atoms with Crippen molar-refractivity contribution in [2.24, 2.45) is 11.3 Å². The van der Waals surface area contributed by atoms with Crippen LogP contribution >= 0.6 is 0 Å². The quantitative estimate of drug-likeness (QED) is 0.625. The van der Waals surface area contributed by atoms with Crippen molar-refractivity contribution < 1.29 is 27.4 Å². The number of rotatable bonds is 3. The Morgan fingerprint density at radius 2 is 1.85 bits per heavy atom. The number of alkyl halides is 3. The summed E-state index contributed by atoms with van der Waals surface area (Å²) >= 11 is 0. The average molecular weight is 475 g/mol. The lowest BCUT2D eigenvalue weighted by Crippen LogP contribution is -2.53. The summed E-state index contributed by atoms with van der Waals surface area (Å²) in [4.78, 5) is 15.2. The summed E-state index contributed by atoms with van der Waals surface area (Å²) in [7, 11) is 0. The molecular formula is C26H29F3N2O3. The Morgan fingerprint density at radius 3 is 2.53 bits per heavy atom. The summed E-state index contributed by atoms with van der Waals surface area (Å²) < 4.78 is 51.3. The largest absolute Gasteiger partial charge is 0.493 e. The highest BCUT2D eigenvalue weighted by molar-refractivity contribution is 5.70. The van der Waals surface area contributed by atoms with E-state index < -0.39 is 23.2 Å². The van der Waals surface area contributed by atoms with Gasteiger partial charge in [-0.1, -0.05) is 38.1 Å². The van der Waals surface area contributed by atoms with Gasteiger partial charge in [-0.3, -0.25) is 4.90 Å². The van der Waals surface area contributed by atoms with Gasteiger partial charge >= 0.3 is 12.3 Å². The van der Waals surface area contributed by atoms with Crippen molar-refractivity contribution in [1.82, 2.24) is 10.2 Å². The molecule has 182 valence electrons. The van der Waals surface area contributed by atoms with E-state index in [0.29, 0.717) is 29.4 Å². The summed E-state index contributed by atoms with van der Waals surface area (Å²) in [5, 5.41) is 3.05. The number of ether oxygens (including phenoxy) is 2. The minimum atomic E-state index is -4.41. The lowest BCUT2D eigenvalue weighted by molar-refractivity contribution is -0.137. The van der Waals surface area contributed by atoms with Crippen molar-refractivity contribution in [3.8, 4) is 16.9 Å². The van der Waals surface area contributed by atoms with Crippen molar-refractivity contribution in [3.05, 3.63) is 53.6 Å². The van der Waals surface area contributed by atoms with E-state index in [9.17, 15) is 18.0 Å². The summed E-state index contributed by atoms with van der Waals surface area (Å²) in [6.07, 6.45) is -2.82. The van der Waals surface area contributed by atoms with Crippen LogP contribution in [0.4, 0.5) is 18.0 Å². The SMILES string of the molecule is CC1(C)COc2cc(-c3cccc(C(F)(F)F)c3)ccc2C1NC(=O)O[C@H]1CN2CCC1CC2. The number of carbonyl (C=O) groups is 1. The molecule has 0 aromatic heterocycles. The minimum absolute atomic E-state index is 0.0896. The Bertz CT molecular complexity index is 1080. The number of alkyl carbamates (subject to hydrolysis) is 1. The fourth-order valence-electron chi connectivity index (χ4n) is 5.33. The molecule has 1 amide bonds. The molecule has 0 aliphatic carbocycles. The monoisotopic (exact) mass is 474 g/mol. The smallest absolute Gasteiger partial charge is 0.416 e. The van der Waals surface area contributed by atoms with Gasteiger partial charge in [-0.05, 0) is 61.2 Å². The van der Waals surface area contributed by atoms with E-state index in [0.717, 1.165) is 50.2 Å². The summed E-state index contributed by atoms with van der Waals surface area (Å²) in [6.45, 7) is 7.30. The molecule has 34 heavy (non-hydrogen) atoms. The molecule has 0 spiro atoms. The molecule has 6 rings (SSSR count). The standard InChI is InChI=1S/C26H29F3N2O3/c1-25(2)15-33-21-13-18(17-4-3-5-19(12-17)26(27,28)29)6-7-20(21)23(25)30-24(32)34-22-14-31-10-8-16(22)9-11-31/h3-7,12-13,16,22-23H,8-11,14-15H2,1-2H3,(H,30,32)/t22-,23?/m0/s1. The number of benzene rings is 2. The molecule has 0 radical (unpaired) electrons. The van der Waals surface area contributed by atoms with E-state index in [2.05, 4.69) is 10.2 Å². The van der Waals surface area contributed by atoms with Crippen LogP contribution in [0.25, 0.3) is 11.1 Å². The second-order valence-corrected chi connectivity index (χ2v) is 10.3. The zero-order valence-electron chi connectivity index (χ0n) is 19.3. The van der Waals surface area contributed by atoms with E-state index in [1.165, 1.54) is 6.07 Å². The van der Waals surface area contributed by atoms with Gasteiger partial charge in [-0.2, -0.15) is 13.2 Å². The molecule has 4 heterocycles. The van der Waals surface area contributed by atoms with Gasteiger partial charge in [0.15, 0.2) is 0 Å². The van der Waals surface area contributed by atoms with E-state index in [-0.39, 0.29) is 12.1 Å². The van der Waals surface area contributed by atoms with Crippen LogP contribution in [0, 0.1) is 11.3 Å². The van der Waals surface area contributed by atoms with Crippen LogP contribution in [-0.2, 0) is 10.9 Å². The van der Waals surface area contributed by atoms with E-state index in [1.54, 1.807) is 18.2 Å². The fraction of sp³-hybridized carbons (Fsp3) is 0.500. The predicted octanol–water partition coefficient (Wildman–Crippen LogP) is 5.65. The first kappa shape index (κ1) is 23.0. The third-order valence-corrected chi connectivity index (χ3v) is 7.35. The van der Waals surface area contributed by atoms with Gasteiger partial charge in [-0.25, -0.2) is 4.79 Å². The van der Waals surface area contributed by atoms with Crippen LogP contribution in [0.2, 0.25) is 0 Å². The zero-order chi connectivity index (χ0) is 24.1. The normalized spacial score (nSPS) is 27.4. The lowest BCUT2D eigenvalue weighted by Gasteiger charge is -2.44. The molecule has 4 aliphatic heterocycles. The lowest BCUT2D eigenvalue weighted by atomic mass is 9.78. The highest BCUT2D eigenvalue weighted by Gasteiger charge is 2.41. The fourth-order valence-corrected chi connectivity index (χ4v) is 5.33. The van der Waals surface area contributed by atoms with Crippen LogP contribution in [0.1, 0.15) is 43.9 Å². The van der Waals surface area contributed by atoms with Crippen LogP contribution < -0.4 is 10.1 Å². The van der Waals surface area contributed by atoms with E-state index in [4.69, 9.17) is 9.47 Å². The van der Waals surface area contributed by atoms with Crippen molar-refractivity contribution in [2.45, 2.75) is 45.0 Å². The molecule has 2 aromatic rings. The second-order valence-electron chi connectivity index (χ2n) is 10.3. The molecule has 5 nitrogen and oxygen atoms in total. The van der Waals surface area contributed by atoms with Crippen molar-refractivity contribution >= 4 is 6.09 Å². The Labute approximate surface area is 197 Å². The van der Waals surface area contributed by atoms with Crippen LogP contribution in [0.3, 0.4) is 0 Å². The van der Waals surface area contributed by atoms with Gasteiger partial charge < -0.3 is 14.8 Å². The first-order chi connectivity index (χ1) is 16.1. The third-order valence-electron chi connectivity index (χ3n) is 7.35. The molecule has 0 saturated carbocycles. The number of hydrogen-bond donors (Lipinski definition) is 1. The van der Waals surface area contributed by atoms with E-state index >= 15 is 0 Å². The van der Waals surface area contributed by atoms with Crippen molar-refractivity contribution in [2.75, 3.05) is 26.2 Å². The topological polar surface area (TPSA) is 50.8 Å².